The van der Waals surface area contributed by atoms with Gasteiger partial charge in [0.1, 0.15) is 0 Å². The Morgan fingerprint density at radius 3 is 2.36 bits per heavy atom. The first kappa shape index (κ1) is 9.00. The van der Waals surface area contributed by atoms with Crippen molar-refractivity contribution in [3.8, 4) is 0 Å². The standard InChI is InChI=1S/C12H14N2/c1-10-3-5-12(6-4-10)9-14-8-7-11(2)13-14/h3-8H,9H2,1-2H3. The summed E-state index contributed by atoms with van der Waals surface area (Å²) in [5.41, 5.74) is 3.65. The number of hydrogen-bond donors (Lipinski definition) is 0. The van der Waals surface area contributed by atoms with E-state index in [2.05, 4.69) is 36.3 Å². The Hall–Kier alpha value is -1.57. The Kier molecular flexibility index (Phi) is 2.35. The van der Waals surface area contributed by atoms with Crippen LogP contribution >= 0.6 is 0 Å². The summed E-state index contributed by atoms with van der Waals surface area (Å²) in [6, 6.07) is 10.6. The number of aromatic nitrogens is 2. The van der Waals surface area contributed by atoms with Gasteiger partial charge < -0.3 is 0 Å². The monoisotopic (exact) mass is 186 g/mol. The van der Waals surface area contributed by atoms with Crippen LogP contribution < -0.4 is 0 Å². The van der Waals surface area contributed by atoms with Crippen molar-refractivity contribution in [3.05, 3.63) is 53.3 Å². The predicted molar refractivity (Wildman–Crippen MR) is 57.2 cm³/mol. The summed E-state index contributed by atoms with van der Waals surface area (Å²) >= 11 is 0. The van der Waals surface area contributed by atoms with E-state index in [1.54, 1.807) is 0 Å². The van der Waals surface area contributed by atoms with Crippen molar-refractivity contribution in [2.24, 2.45) is 0 Å². The SMILES string of the molecule is Cc1ccc(Cn2ccc(C)n2)cc1. The first-order valence-electron chi connectivity index (χ1n) is 4.79. The van der Waals surface area contributed by atoms with Crippen molar-refractivity contribution in [1.82, 2.24) is 9.78 Å². The number of benzene rings is 1. The number of rotatable bonds is 2. The van der Waals surface area contributed by atoms with E-state index in [1.807, 2.05) is 23.9 Å². The van der Waals surface area contributed by atoms with E-state index in [0.29, 0.717) is 0 Å². The van der Waals surface area contributed by atoms with E-state index in [1.165, 1.54) is 11.1 Å². The molecule has 0 fully saturated rings. The van der Waals surface area contributed by atoms with Crippen molar-refractivity contribution >= 4 is 0 Å². The van der Waals surface area contributed by atoms with Crippen LogP contribution in [0, 0.1) is 13.8 Å². The summed E-state index contributed by atoms with van der Waals surface area (Å²) in [6.45, 7) is 4.96. The molecule has 72 valence electrons. The summed E-state index contributed by atoms with van der Waals surface area (Å²) in [6.07, 6.45) is 2.01. The minimum Gasteiger partial charge on any atom is -0.268 e. The van der Waals surface area contributed by atoms with Gasteiger partial charge in [0.25, 0.3) is 0 Å². The average molecular weight is 186 g/mol. The van der Waals surface area contributed by atoms with Crippen LogP contribution in [-0.2, 0) is 6.54 Å². The van der Waals surface area contributed by atoms with E-state index in [4.69, 9.17) is 0 Å². The van der Waals surface area contributed by atoms with Crippen LogP contribution in [0.1, 0.15) is 16.8 Å². The summed E-state index contributed by atoms with van der Waals surface area (Å²) in [4.78, 5) is 0. The smallest absolute Gasteiger partial charge is 0.0659 e. The zero-order valence-corrected chi connectivity index (χ0v) is 8.57. The van der Waals surface area contributed by atoms with Gasteiger partial charge in [-0.1, -0.05) is 29.8 Å². The molecule has 2 heteroatoms. The van der Waals surface area contributed by atoms with Gasteiger partial charge in [-0.05, 0) is 25.5 Å². The van der Waals surface area contributed by atoms with Crippen molar-refractivity contribution < 1.29 is 0 Å². The van der Waals surface area contributed by atoms with E-state index in [-0.39, 0.29) is 0 Å². The van der Waals surface area contributed by atoms with Crippen LogP contribution in [0.25, 0.3) is 0 Å². The van der Waals surface area contributed by atoms with Gasteiger partial charge in [0, 0.05) is 6.20 Å². The van der Waals surface area contributed by atoms with Gasteiger partial charge in [0.2, 0.25) is 0 Å². The lowest BCUT2D eigenvalue weighted by Crippen LogP contribution is -2.00. The van der Waals surface area contributed by atoms with Crippen molar-refractivity contribution in [2.75, 3.05) is 0 Å². The molecule has 0 amide bonds. The van der Waals surface area contributed by atoms with Gasteiger partial charge in [-0.3, -0.25) is 4.68 Å². The molecule has 0 N–H and O–H groups in total. The second-order valence-corrected chi connectivity index (χ2v) is 3.64. The summed E-state index contributed by atoms with van der Waals surface area (Å²) in [5, 5.41) is 4.35. The van der Waals surface area contributed by atoms with Gasteiger partial charge in [0.05, 0.1) is 12.2 Å². The Labute approximate surface area is 84.2 Å². The molecule has 0 saturated heterocycles. The third-order valence-electron chi connectivity index (χ3n) is 2.24. The van der Waals surface area contributed by atoms with Gasteiger partial charge in [-0.2, -0.15) is 5.10 Å². The van der Waals surface area contributed by atoms with Crippen molar-refractivity contribution in [2.45, 2.75) is 20.4 Å². The molecule has 1 aromatic heterocycles. The molecule has 0 spiro atoms. The Morgan fingerprint density at radius 2 is 1.79 bits per heavy atom. The Bertz CT molecular complexity index is 412. The molecule has 2 aromatic rings. The molecule has 14 heavy (non-hydrogen) atoms. The van der Waals surface area contributed by atoms with Crippen molar-refractivity contribution in [3.63, 3.8) is 0 Å². The van der Waals surface area contributed by atoms with Crippen LogP contribution in [0.4, 0.5) is 0 Å². The topological polar surface area (TPSA) is 17.8 Å². The molecular formula is C12H14N2. The summed E-state index contributed by atoms with van der Waals surface area (Å²) in [5.74, 6) is 0. The van der Waals surface area contributed by atoms with Crippen molar-refractivity contribution in [1.29, 1.82) is 0 Å². The molecule has 0 unspecified atom stereocenters. The van der Waals surface area contributed by atoms with Crippen LogP contribution in [0.2, 0.25) is 0 Å². The highest BCUT2D eigenvalue weighted by Crippen LogP contribution is 2.05. The molecular weight excluding hydrogens is 172 g/mol. The number of nitrogens with zero attached hydrogens (tertiary/aromatic N) is 2. The minimum atomic E-state index is 0.855. The molecule has 0 atom stereocenters. The van der Waals surface area contributed by atoms with Gasteiger partial charge in [0.15, 0.2) is 0 Å². The maximum Gasteiger partial charge on any atom is 0.0659 e. The maximum absolute atomic E-state index is 4.35. The molecule has 2 rings (SSSR count). The predicted octanol–water partition coefficient (Wildman–Crippen LogP) is 2.55. The molecule has 0 aliphatic heterocycles. The second kappa shape index (κ2) is 3.66. The zero-order valence-electron chi connectivity index (χ0n) is 8.57. The molecule has 0 radical (unpaired) electrons. The quantitative estimate of drug-likeness (QED) is 0.704. The zero-order chi connectivity index (χ0) is 9.97. The number of aryl methyl sites for hydroxylation is 2. The van der Waals surface area contributed by atoms with E-state index in [0.717, 1.165) is 12.2 Å². The van der Waals surface area contributed by atoms with E-state index >= 15 is 0 Å². The first-order chi connectivity index (χ1) is 6.74. The van der Waals surface area contributed by atoms with Crippen LogP contribution in [-0.4, -0.2) is 9.78 Å². The maximum atomic E-state index is 4.35. The minimum absolute atomic E-state index is 0.855. The van der Waals surface area contributed by atoms with Crippen LogP contribution in [0.3, 0.4) is 0 Å². The Morgan fingerprint density at radius 1 is 1.07 bits per heavy atom. The van der Waals surface area contributed by atoms with E-state index < -0.39 is 0 Å². The summed E-state index contributed by atoms with van der Waals surface area (Å²) < 4.78 is 1.96. The third kappa shape index (κ3) is 2.02. The molecule has 0 aliphatic carbocycles. The normalized spacial score (nSPS) is 10.4. The Balaban J connectivity index is 2.15. The summed E-state index contributed by atoms with van der Waals surface area (Å²) in [7, 11) is 0. The molecule has 1 aromatic carbocycles. The van der Waals surface area contributed by atoms with Gasteiger partial charge in [-0.15, -0.1) is 0 Å². The largest absolute Gasteiger partial charge is 0.268 e. The highest BCUT2D eigenvalue weighted by atomic mass is 15.3. The van der Waals surface area contributed by atoms with E-state index in [9.17, 15) is 0 Å². The number of hydrogen-bond acceptors (Lipinski definition) is 1. The lowest BCUT2D eigenvalue weighted by molar-refractivity contribution is 0.679. The lowest BCUT2D eigenvalue weighted by atomic mass is 10.1. The fraction of sp³-hybridized carbons (Fsp3) is 0.250. The fourth-order valence-corrected chi connectivity index (χ4v) is 1.43. The molecule has 2 nitrogen and oxygen atoms in total. The highest BCUT2D eigenvalue weighted by Gasteiger charge is 1.95. The van der Waals surface area contributed by atoms with Crippen LogP contribution in [0.15, 0.2) is 36.5 Å². The highest BCUT2D eigenvalue weighted by molar-refractivity contribution is 5.21. The van der Waals surface area contributed by atoms with Crippen LogP contribution in [0.5, 0.6) is 0 Å². The lowest BCUT2D eigenvalue weighted by Gasteiger charge is -2.01. The molecule has 0 aliphatic rings. The molecule has 0 saturated carbocycles. The molecule has 0 bridgehead atoms. The third-order valence-corrected chi connectivity index (χ3v) is 2.24. The second-order valence-electron chi connectivity index (χ2n) is 3.64. The first-order valence-corrected chi connectivity index (χ1v) is 4.79. The average Bonchev–Trinajstić information content (AvgIpc) is 2.56. The van der Waals surface area contributed by atoms with Gasteiger partial charge in [-0.25, -0.2) is 0 Å². The van der Waals surface area contributed by atoms with Gasteiger partial charge >= 0.3 is 0 Å². The fourth-order valence-electron chi connectivity index (χ4n) is 1.43. The molecule has 1 heterocycles.